The molecule has 0 unspecified atom stereocenters. The first-order valence-electron chi connectivity index (χ1n) is 11.0. The molecule has 0 aromatic heterocycles. The third kappa shape index (κ3) is 22.0. The standard InChI is InChI=1S/C22H43ClO/c1-2-3-4-5-6-7-8-9-10-11-12-13-14-15-16-17-18-19-20-21-22(23)24/h2-21H2,1H3. The van der Waals surface area contributed by atoms with E-state index in [9.17, 15) is 4.79 Å². The predicted molar refractivity (Wildman–Crippen MR) is 109 cm³/mol. The lowest BCUT2D eigenvalue weighted by Gasteiger charge is -2.03. The van der Waals surface area contributed by atoms with Crippen LogP contribution >= 0.6 is 11.6 Å². The van der Waals surface area contributed by atoms with E-state index in [0.717, 1.165) is 12.8 Å². The van der Waals surface area contributed by atoms with Crippen LogP contribution in [0.2, 0.25) is 0 Å². The summed E-state index contributed by atoms with van der Waals surface area (Å²) < 4.78 is 0. The summed E-state index contributed by atoms with van der Waals surface area (Å²) in [5.41, 5.74) is 0. The first-order valence-corrected chi connectivity index (χ1v) is 11.3. The Morgan fingerprint density at radius 1 is 0.500 bits per heavy atom. The maximum atomic E-state index is 10.6. The Kier molecular flexibility index (Phi) is 21.0. The molecule has 0 aliphatic heterocycles. The SMILES string of the molecule is CCCCCCCCCCCCCCCCCCCCCC(=O)Cl. The Labute approximate surface area is 157 Å². The van der Waals surface area contributed by atoms with Crippen LogP contribution in [0.5, 0.6) is 0 Å². The number of hydrogen-bond acceptors (Lipinski definition) is 1. The molecule has 0 aliphatic carbocycles. The van der Waals surface area contributed by atoms with Crippen molar-refractivity contribution < 1.29 is 4.79 Å². The first kappa shape index (κ1) is 24.0. The van der Waals surface area contributed by atoms with Crippen LogP contribution in [-0.2, 0) is 4.79 Å². The molecule has 0 spiro atoms. The van der Waals surface area contributed by atoms with Crippen LogP contribution in [0.15, 0.2) is 0 Å². The Morgan fingerprint density at radius 2 is 0.750 bits per heavy atom. The van der Waals surface area contributed by atoms with Gasteiger partial charge in [0, 0.05) is 6.42 Å². The van der Waals surface area contributed by atoms with Crippen molar-refractivity contribution in [3.63, 3.8) is 0 Å². The zero-order chi connectivity index (χ0) is 17.7. The number of carbonyl (C=O) groups excluding carboxylic acids is 1. The Balaban J connectivity index is 2.97. The highest BCUT2D eigenvalue weighted by atomic mass is 35.5. The van der Waals surface area contributed by atoms with Crippen LogP contribution in [0.3, 0.4) is 0 Å². The summed E-state index contributed by atoms with van der Waals surface area (Å²) in [6, 6.07) is 0. The van der Waals surface area contributed by atoms with Gasteiger partial charge in [0.25, 0.3) is 0 Å². The van der Waals surface area contributed by atoms with Gasteiger partial charge in [-0.3, -0.25) is 4.79 Å². The highest BCUT2D eigenvalue weighted by Crippen LogP contribution is 2.14. The van der Waals surface area contributed by atoms with E-state index in [-0.39, 0.29) is 5.24 Å². The largest absolute Gasteiger partial charge is 0.281 e. The molecule has 0 aromatic rings. The summed E-state index contributed by atoms with van der Waals surface area (Å²) in [4.78, 5) is 10.6. The lowest BCUT2D eigenvalue weighted by Crippen LogP contribution is -1.86. The van der Waals surface area contributed by atoms with Gasteiger partial charge in [0.05, 0.1) is 0 Å². The first-order chi connectivity index (χ1) is 11.8. The van der Waals surface area contributed by atoms with E-state index in [1.54, 1.807) is 0 Å². The number of carbonyl (C=O) groups is 1. The highest BCUT2D eigenvalue weighted by Gasteiger charge is 1.97. The van der Waals surface area contributed by atoms with E-state index in [1.807, 2.05) is 0 Å². The van der Waals surface area contributed by atoms with Gasteiger partial charge in [-0.15, -0.1) is 0 Å². The molecular weight excluding hydrogens is 316 g/mol. The fourth-order valence-corrected chi connectivity index (χ4v) is 3.48. The van der Waals surface area contributed by atoms with Crippen LogP contribution in [0.25, 0.3) is 0 Å². The van der Waals surface area contributed by atoms with Gasteiger partial charge in [0.1, 0.15) is 0 Å². The zero-order valence-electron chi connectivity index (χ0n) is 16.4. The molecule has 0 fully saturated rings. The van der Waals surface area contributed by atoms with Crippen LogP contribution in [0.4, 0.5) is 0 Å². The van der Waals surface area contributed by atoms with E-state index in [2.05, 4.69) is 6.92 Å². The number of halogens is 1. The van der Waals surface area contributed by atoms with Crippen LogP contribution in [-0.4, -0.2) is 5.24 Å². The second-order valence-corrected chi connectivity index (χ2v) is 7.89. The number of unbranched alkanes of at least 4 members (excludes halogenated alkanes) is 18. The molecular formula is C22H43ClO. The van der Waals surface area contributed by atoms with Crippen LogP contribution < -0.4 is 0 Å². The van der Waals surface area contributed by atoms with Crippen LogP contribution in [0, 0.1) is 0 Å². The van der Waals surface area contributed by atoms with Gasteiger partial charge in [0.15, 0.2) is 0 Å². The fourth-order valence-electron chi connectivity index (χ4n) is 3.34. The Morgan fingerprint density at radius 3 is 1.00 bits per heavy atom. The van der Waals surface area contributed by atoms with E-state index in [4.69, 9.17) is 11.6 Å². The maximum Gasteiger partial charge on any atom is 0.221 e. The molecule has 24 heavy (non-hydrogen) atoms. The molecule has 0 bridgehead atoms. The maximum absolute atomic E-state index is 10.6. The summed E-state index contributed by atoms with van der Waals surface area (Å²) in [5.74, 6) is 0. The van der Waals surface area contributed by atoms with Gasteiger partial charge in [-0.1, -0.05) is 122 Å². The minimum absolute atomic E-state index is 0.179. The molecule has 0 aliphatic rings. The zero-order valence-corrected chi connectivity index (χ0v) is 17.2. The second-order valence-electron chi connectivity index (χ2n) is 7.47. The van der Waals surface area contributed by atoms with Crippen molar-refractivity contribution in [2.75, 3.05) is 0 Å². The molecule has 0 amide bonds. The van der Waals surface area contributed by atoms with Gasteiger partial charge in [-0.25, -0.2) is 0 Å². The lowest BCUT2D eigenvalue weighted by atomic mass is 10.0. The molecule has 0 saturated heterocycles. The summed E-state index contributed by atoms with van der Waals surface area (Å²) in [5, 5.41) is -0.179. The molecule has 2 heteroatoms. The Hall–Kier alpha value is -0.0400. The summed E-state index contributed by atoms with van der Waals surface area (Å²) >= 11 is 5.32. The van der Waals surface area contributed by atoms with Gasteiger partial charge in [0.2, 0.25) is 5.24 Å². The normalized spacial score (nSPS) is 11.1. The minimum Gasteiger partial charge on any atom is -0.281 e. The number of hydrogen-bond donors (Lipinski definition) is 0. The Bertz CT molecular complexity index is 252. The molecule has 144 valence electrons. The van der Waals surface area contributed by atoms with E-state index in [0.29, 0.717) is 6.42 Å². The van der Waals surface area contributed by atoms with E-state index in [1.165, 1.54) is 109 Å². The van der Waals surface area contributed by atoms with Crippen molar-refractivity contribution in [2.45, 2.75) is 135 Å². The smallest absolute Gasteiger partial charge is 0.221 e. The quantitative estimate of drug-likeness (QED) is 0.157. The number of rotatable bonds is 20. The van der Waals surface area contributed by atoms with Crippen molar-refractivity contribution in [1.29, 1.82) is 0 Å². The monoisotopic (exact) mass is 358 g/mol. The van der Waals surface area contributed by atoms with Crippen molar-refractivity contribution in [1.82, 2.24) is 0 Å². The van der Waals surface area contributed by atoms with Crippen molar-refractivity contribution in [3.05, 3.63) is 0 Å². The fraction of sp³-hybridized carbons (Fsp3) is 0.955. The highest BCUT2D eigenvalue weighted by molar-refractivity contribution is 6.63. The third-order valence-corrected chi connectivity index (χ3v) is 5.17. The second kappa shape index (κ2) is 21.0. The molecule has 0 aromatic carbocycles. The molecule has 0 atom stereocenters. The van der Waals surface area contributed by atoms with Crippen molar-refractivity contribution >= 4 is 16.8 Å². The lowest BCUT2D eigenvalue weighted by molar-refractivity contribution is -0.111. The van der Waals surface area contributed by atoms with Crippen molar-refractivity contribution in [2.24, 2.45) is 0 Å². The molecule has 0 saturated carbocycles. The molecule has 0 N–H and O–H groups in total. The average Bonchev–Trinajstić information content (AvgIpc) is 2.56. The van der Waals surface area contributed by atoms with Crippen molar-refractivity contribution in [3.8, 4) is 0 Å². The summed E-state index contributed by atoms with van der Waals surface area (Å²) in [6.07, 6.45) is 26.8. The van der Waals surface area contributed by atoms with Gasteiger partial charge in [-0.2, -0.15) is 0 Å². The minimum atomic E-state index is -0.179. The summed E-state index contributed by atoms with van der Waals surface area (Å²) in [6.45, 7) is 2.29. The van der Waals surface area contributed by atoms with Gasteiger partial charge in [-0.05, 0) is 18.0 Å². The molecule has 0 radical (unpaired) electrons. The predicted octanol–water partition coefficient (Wildman–Crippen LogP) is 8.57. The molecule has 1 nitrogen and oxygen atoms in total. The van der Waals surface area contributed by atoms with Gasteiger partial charge >= 0.3 is 0 Å². The van der Waals surface area contributed by atoms with Crippen LogP contribution in [0.1, 0.15) is 135 Å². The van der Waals surface area contributed by atoms with E-state index < -0.39 is 0 Å². The molecule has 0 rings (SSSR count). The molecule has 0 heterocycles. The van der Waals surface area contributed by atoms with Gasteiger partial charge < -0.3 is 0 Å². The topological polar surface area (TPSA) is 17.1 Å². The third-order valence-electron chi connectivity index (χ3n) is 4.98. The van der Waals surface area contributed by atoms with E-state index >= 15 is 0 Å². The summed E-state index contributed by atoms with van der Waals surface area (Å²) in [7, 11) is 0. The average molecular weight is 359 g/mol.